The van der Waals surface area contributed by atoms with E-state index in [0.717, 1.165) is 32.1 Å². The molecule has 3 heterocycles. The van der Waals surface area contributed by atoms with Crippen LogP contribution >= 0.6 is 34.3 Å². The molecule has 0 bridgehead atoms. The van der Waals surface area contributed by atoms with Crippen molar-refractivity contribution in [1.29, 1.82) is 0 Å². The predicted molar refractivity (Wildman–Crippen MR) is 119 cm³/mol. The van der Waals surface area contributed by atoms with Crippen LogP contribution in [0, 0.1) is 0 Å². The third kappa shape index (κ3) is 3.55. The summed E-state index contributed by atoms with van der Waals surface area (Å²) in [7, 11) is 0. The number of anilines is 3. The van der Waals surface area contributed by atoms with Gasteiger partial charge in [-0.3, -0.25) is 10.1 Å². The molecule has 29 heavy (non-hydrogen) atoms. The fourth-order valence-corrected chi connectivity index (χ4v) is 4.87. The van der Waals surface area contributed by atoms with Crippen molar-refractivity contribution in [3.8, 4) is 11.3 Å². The average molecular weight is 441 g/mol. The third-order valence-corrected chi connectivity index (χ3v) is 6.14. The van der Waals surface area contributed by atoms with Crippen LogP contribution in [-0.4, -0.2) is 25.5 Å². The lowest BCUT2D eigenvalue weighted by atomic mass is 10.1. The summed E-state index contributed by atoms with van der Waals surface area (Å²) < 4.78 is 2.80. The summed E-state index contributed by atoms with van der Waals surface area (Å²) in [5.41, 5.74) is 3.54. The zero-order valence-corrected chi connectivity index (χ0v) is 17.4. The van der Waals surface area contributed by atoms with Crippen LogP contribution < -0.4 is 10.6 Å². The van der Waals surface area contributed by atoms with Crippen molar-refractivity contribution in [3.63, 3.8) is 0 Å². The number of nitrogens with zero attached hydrogens (tertiary/aromatic N) is 4. The fourth-order valence-electron chi connectivity index (χ4n) is 2.91. The van der Waals surface area contributed by atoms with Crippen molar-refractivity contribution in [1.82, 2.24) is 19.6 Å². The van der Waals surface area contributed by atoms with Gasteiger partial charge in [0, 0.05) is 28.6 Å². The minimum absolute atomic E-state index is 0.0974. The first-order valence-electron chi connectivity index (χ1n) is 8.60. The van der Waals surface area contributed by atoms with E-state index >= 15 is 0 Å². The zero-order chi connectivity index (χ0) is 20.0. The van der Waals surface area contributed by atoms with Crippen molar-refractivity contribution >= 4 is 72.1 Å². The lowest BCUT2D eigenvalue weighted by Gasteiger charge is -2.03. The molecule has 1 amide bonds. The van der Waals surface area contributed by atoms with E-state index < -0.39 is 0 Å². The zero-order valence-electron chi connectivity index (χ0n) is 15.0. The second-order valence-corrected chi connectivity index (χ2v) is 8.57. The minimum atomic E-state index is -0.0974. The van der Waals surface area contributed by atoms with Gasteiger partial charge < -0.3 is 5.32 Å². The topological polar surface area (TPSA) is 84.2 Å². The van der Waals surface area contributed by atoms with Crippen molar-refractivity contribution in [3.05, 3.63) is 52.9 Å². The SMILES string of the molecule is CC(=O)Nc1ccc(-c2csc3nc(Nc4nc5ccc(Cl)cc5s4)nn23)cc1. The molecule has 0 aliphatic rings. The maximum absolute atomic E-state index is 11.2. The van der Waals surface area contributed by atoms with E-state index in [2.05, 4.69) is 25.7 Å². The number of hydrogen-bond acceptors (Lipinski definition) is 7. The molecule has 0 aliphatic heterocycles. The van der Waals surface area contributed by atoms with Gasteiger partial charge in [0.15, 0.2) is 5.13 Å². The van der Waals surface area contributed by atoms with E-state index in [0.29, 0.717) is 16.1 Å². The number of nitrogens with one attached hydrogen (secondary N) is 2. The van der Waals surface area contributed by atoms with Gasteiger partial charge in [0.25, 0.3) is 0 Å². The normalized spacial score (nSPS) is 11.2. The number of benzene rings is 2. The van der Waals surface area contributed by atoms with Crippen molar-refractivity contribution in [2.24, 2.45) is 0 Å². The van der Waals surface area contributed by atoms with Gasteiger partial charge in [-0.15, -0.1) is 16.4 Å². The molecule has 144 valence electrons. The van der Waals surface area contributed by atoms with E-state index in [9.17, 15) is 4.79 Å². The predicted octanol–water partition coefficient (Wildman–Crippen LogP) is 5.42. The molecule has 2 aromatic carbocycles. The average Bonchev–Trinajstić information content (AvgIpc) is 3.35. The highest BCUT2D eigenvalue weighted by Crippen LogP contribution is 2.31. The molecule has 0 radical (unpaired) electrons. The van der Waals surface area contributed by atoms with E-state index in [1.807, 2.05) is 47.8 Å². The Balaban J connectivity index is 1.43. The van der Waals surface area contributed by atoms with Crippen LogP contribution in [0.1, 0.15) is 6.92 Å². The van der Waals surface area contributed by atoms with Crippen molar-refractivity contribution in [2.45, 2.75) is 6.92 Å². The summed E-state index contributed by atoms with van der Waals surface area (Å²) in [6.07, 6.45) is 0. The molecule has 7 nitrogen and oxygen atoms in total. The molecule has 2 N–H and O–H groups in total. The molecule has 0 atom stereocenters. The fraction of sp³-hybridized carbons (Fsp3) is 0.0526. The standard InChI is InChI=1S/C19H13ClN6OS2/c1-10(27)21-13-5-2-11(3-6-13)15-9-28-19-24-17(25-26(15)19)23-18-22-14-7-4-12(20)8-16(14)29-18/h2-9H,1H3,(H,21,27)(H,22,23,25). The summed E-state index contributed by atoms with van der Waals surface area (Å²) in [6.45, 7) is 1.49. The molecule has 0 aliphatic carbocycles. The maximum Gasteiger partial charge on any atom is 0.250 e. The Morgan fingerprint density at radius 2 is 1.97 bits per heavy atom. The van der Waals surface area contributed by atoms with Crippen LogP contribution in [0.5, 0.6) is 0 Å². The van der Waals surface area contributed by atoms with Gasteiger partial charge in [0.2, 0.25) is 16.8 Å². The molecule has 0 saturated carbocycles. The number of carbonyl (C=O) groups excluding carboxylic acids is 1. The monoisotopic (exact) mass is 440 g/mol. The minimum Gasteiger partial charge on any atom is -0.326 e. The van der Waals surface area contributed by atoms with Gasteiger partial charge in [0.05, 0.1) is 15.9 Å². The molecule has 5 aromatic rings. The van der Waals surface area contributed by atoms with Gasteiger partial charge >= 0.3 is 0 Å². The Morgan fingerprint density at radius 3 is 2.76 bits per heavy atom. The van der Waals surface area contributed by atoms with E-state index in [4.69, 9.17) is 11.6 Å². The number of halogens is 1. The molecule has 0 spiro atoms. The molecular weight excluding hydrogens is 428 g/mol. The first kappa shape index (κ1) is 18.0. The molecule has 0 unspecified atom stereocenters. The summed E-state index contributed by atoms with van der Waals surface area (Å²) in [4.78, 5) is 21.0. The molecule has 5 rings (SSSR count). The van der Waals surface area contributed by atoms with Crippen LogP contribution in [0.4, 0.5) is 16.8 Å². The van der Waals surface area contributed by atoms with Crippen LogP contribution in [0.15, 0.2) is 47.8 Å². The second-order valence-electron chi connectivity index (χ2n) is 6.27. The number of rotatable bonds is 4. The van der Waals surface area contributed by atoms with E-state index in [-0.39, 0.29) is 5.91 Å². The summed E-state index contributed by atoms with van der Waals surface area (Å²) in [5.74, 6) is 0.387. The van der Waals surface area contributed by atoms with Gasteiger partial charge in [-0.05, 0) is 30.3 Å². The number of amides is 1. The van der Waals surface area contributed by atoms with Crippen LogP contribution in [0.2, 0.25) is 5.02 Å². The highest BCUT2D eigenvalue weighted by atomic mass is 35.5. The Kier molecular flexibility index (Phi) is 4.42. The maximum atomic E-state index is 11.2. The van der Waals surface area contributed by atoms with Gasteiger partial charge in [-0.1, -0.05) is 35.1 Å². The van der Waals surface area contributed by atoms with Gasteiger partial charge in [-0.25, -0.2) is 9.50 Å². The first-order valence-corrected chi connectivity index (χ1v) is 10.7. The Morgan fingerprint density at radius 1 is 1.14 bits per heavy atom. The number of hydrogen-bond donors (Lipinski definition) is 2. The van der Waals surface area contributed by atoms with E-state index in [1.54, 1.807) is 4.52 Å². The molecule has 0 fully saturated rings. The van der Waals surface area contributed by atoms with Crippen LogP contribution in [0.25, 0.3) is 26.4 Å². The number of carbonyl (C=O) groups is 1. The summed E-state index contributed by atoms with van der Waals surface area (Å²) in [6, 6.07) is 13.2. The third-order valence-electron chi connectivity index (χ3n) is 4.15. The second kappa shape index (κ2) is 7.11. The highest BCUT2D eigenvalue weighted by Gasteiger charge is 2.13. The lowest BCUT2D eigenvalue weighted by molar-refractivity contribution is -0.114. The van der Waals surface area contributed by atoms with Crippen LogP contribution in [0.3, 0.4) is 0 Å². The highest BCUT2D eigenvalue weighted by molar-refractivity contribution is 7.22. The smallest absolute Gasteiger partial charge is 0.250 e. The summed E-state index contributed by atoms with van der Waals surface area (Å²) >= 11 is 9.05. The molecule has 3 aromatic heterocycles. The Bertz CT molecular complexity index is 1350. The van der Waals surface area contributed by atoms with Gasteiger partial charge in [0.1, 0.15) is 0 Å². The Labute approximate surface area is 178 Å². The number of aromatic nitrogens is 4. The van der Waals surface area contributed by atoms with Crippen molar-refractivity contribution < 1.29 is 4.79 Å². The van der Waals surface area contributed by atoms with Crippen LogP contribution in [-0.2, 0) is 4.79 Å². The molecular formula is C19H13ClN6OS2. The molecule has 0 saturated heterocycles. The summed E-state index contributed by atoms with van der Waals surface area (Å²) in [5, 5.41) is 13.9. The van der Waals surface area contributed by atoms with Gasteiger partial charge in [-0.2, -0.15) is 4.98 Å². The quantitative estimate of drug-likeness (QED) is 0.389. The molecule has 10 heteroatoms. The first-order chi connectivity index (χ1) is 14.0. The number of fused-ring (bicyclic) bond motifs is 2. The lowest BCUT2D eigenvalue weighted by Crippen LogP contribution is -2.05. The largest absolute Gasteiger partial charge is 0.326 e. The number of thiazole rings is 2. The van der Waals surface area contributed by atoms with E-state index in [1.165, 1.54) is 29.6 Å². The Hall–Kier alpha value is -3.01. The van der Waals surface area contributed by atoms with Crippen molar-refractivity contribution in [2.75, 3.05) is 10.6 Å².